The molecule has 1 aromatic rings. The second-order valence-electron chi connectivity index (χ2n) is 9.91. The molecule has 2 aliphatic heterocycles. The molecule has 3 rings (SSSR count). The summed E-state index contributed by atoms with van der Waals surface area (Å²) >= 11 is 0. The lowest BCUT2D eigenvalue weighted by atomic mass is 9.91. The summed E-state index contributed by atoms with van der Waals surface area (Å²) < 4.78 is 0. The van der Waals surface area contributed by atoms with Gasteiger partial charge in [-0.3, -0.25) is 0 Å². The van der Waals surface area contributed by atoms with E-state index in [1.807, 2.05) is 0 Å². The normalized spacial score (nSPS) is 21.2. The topological polar surface area (TPSA) is 35.5 Å². The van der Waals surface area contributed by atoms with Gasteiger partial charge in [-0.15, -0.1) is 0 Å². The molecule has 5 heteroatoms. The van der Waals surface area contributed by atoms with Crippen LogP contribution < -0.4 is 4.90 Å². The van der Waals surface area contributed by atoms with E-state index in [-0.39, 0.29) is 5.41 Å². The van der Waals surface area contributed by atoms with Gasteiger partial charge in [-0.25, -0.2) is 9.97 Å². The van der Waals surface area contributed by atoms with E-state index in [4.69, 9.17) is 9.97 Å². The number of piperidine rings is 1. The number of hydrogen-bond donors (Lipinski definition) is 0. The molecule has 1 aromatic heterocycles. The molecule has 0 aliphatic carbocycles. The van der Waals surface area contributed by atoms with Crippen LogP contribution in [0.1, 0.15) is 64.9 Å². The summed E-state index contributed by atoms with van der Waals surface area (Å²) in [7, 11) is 2.23. The zero-order valence-electron chi connectivity index (χ0n) is 18.3. The fourth-order valence-electron chi connectivity index (χ4n) is 4.00. The third kappa shape index (κ3) is 5.41. The zero-order valence-corrected chi connectivity index (χ0v) is 18.3. The van der Waals surface area contributed by atoms with Gasteiger partial charge in [0.1, 0.15) is 11.6 Å². The fourth-order valence-corrected chi connectivity index (χ4v) is 4.00. The van der Waals surface area contributed by atoms with Crippen molar-refractivity contribution < 1.29 is 0 Å². The van der Waals surface area contributed by atoms with E-state index < -0.39 is 0 Å². The minimum Gasteiger partial charge on any atom is -0.356 e. The van der Waals surface area contributed by atoms with Gasteiger partial charge in [0.25, 0.3) is 0 Å². The number of hydrogen-bond acceptors (Lipinski definition) is 5. The SMILES string of the molecule is CC(C)c1nc(N2CCC(CN3CCN(C)CC3)CC2)cc(C(C)(C)C)n1. The highest BCUT2D eigenvalue weighted by atomic mass is 15.3. The maximum atomic E-state index is 4.92. The molecule has 3 heterocycles. The quantitative estimate of drug-likeness (QED) is 0.809. The molecule has 0 saturated carbocycles. The number of rotatable bonds is 4. The van der Waals surface area contributed by atoms with Crippen LogP contribution in [0.2, 0.25) is 0 Å². The number of aromatic nitrogens is 2. The summed E-state index contributed by atoms with van der Waals surface area (Å²) in [5.74, 6) is 3.31. The Labute approximate surface area is 166 Å². The molecule has 0 spiro atoms. The lowest BCUT2D eigenvalue weighted by Crippen LogP contribution is -2.47. The fraction of sp³-hybridized carbons (Fsp3) is 0.818. The summed E-state index contributed by atoms with van der Waals surface area (Å²) in [5, 5.41) is 0. The van der Waals surface area contributed by atoms with Crippen molar-refractivity contribution in [2.24, 2.45) is 5.92 Å². The van der Waals surface area contributed by atoms with E-state index in [9.17, 15) is 0 Å². The van der Waals surface area contributed by atoms with Gasteiger partial charge in [-0.05, 0) is 25.8 Å². The van der Waals surface area contributed by atoms with Crippen molar-refractivity contribution in [1.29, 1.82) is 0 Å². The molecule has 0 atom stereocenters. The molecule has 0 unspecified atom stereocenters. The Bertz CT molecular complexity index is 606. The third-order valence-corrected chi connectivity index (χ3v) is 6.07. The first-order valence-electron chi connectivity index (χ1n) is 10.8. The van der Waals surface area contributed by atoms with Gasteiger partial charge in [-0.1, -0.05) is 34.6 Å². The molecule has 2 aliphatic rings. The van der Waals surface area contributed by atoms with Crippen LogP contribution in [0.25, 0.3) is 0 Å². The molecular weight excluding hydrogens is 334 g/mol. The number of likely N-dealkylation sites (N-methyl/N-ethyl adjacent to an activating group) is 1. The summed E-state index contributed by atoms with van der Waals surface area (Å²) in [6.45, 7) is 19.5. The van der Waals surface area contributed by atoms with E-state index in [0.29, 0.717) is 5.92 Å². The Balaban J connectivity index is 1.62. The third-order valence-electron chi connectivity index (χ3n) is 6.07. The second-order valence-corrected chi connectivity index (χ2v) is 9.91. The predicted octanol–water partition coefficient (Wildman–Crippen LogP) is 3.36. The molecule has 0 radical (unpaired) electrons. The predicted molar refractivity (Wildman–Crippen MR) is 114 cm³/mol. The molecular formula is C22H39N5. The maximum absolute atomic E-state index is 4.92. The Hall–Kier alpha value is -1.20. The Morgan fingerprint density at radius 2 is 1.63 bits per heavy atom. The van der Waals surface area contributed by atoms with Gasteiger partial charge >= 0.3 is 0 Å². The maximum Gasteiger partial charge on any atom is 0.133 e. The van der Waals surface area contributed by atoms with E-state index in [1.54, 1.807) is 0 Å². The molecule has 0 bridgehead atoms. The van der Waals surface area contributed by atoms with Gasteiger partial charge in [0.05, 0.1) is 5.69 Å². The smallest absolute Gasteiger partial charge is 0.133 e. The average molecular weight is 374 g/mol. The largest absolute Gasteiger partial charge is 0.356 e. The molecule has 0 aromatic carbocycles. The van der Waals surface area contributed by atoms with Gasteiger partial charge in [-0.2, -0.15) is 0 Å². The Morgan fingerprint density at radius 1 is 1.00 bits per heavy atom. The minimum absolute atomic E-state index is 0.0566. The van der Waals surface area contributed by atoms with Crippen LogP contribution in [0, 0.1) is 5.92 Å². The van der Waals surface area contributed by atoms with Gasteiger partial charge in [0.2, 0.25) is 0 Å². The zero-order chi connectivity index (χ0) is 19.6. The summed E-state index contributed by atoms with van der Waals surface area (Å²) in [6, 6.07) is 2.23. The molecule has 5 nitrogen and oxygen atoms in total. The van der Waals surface area contributed by atoms with E-state index >= 15 is 0 Å². The minimum atomic E-state index is 0.0566. The van der Waals surface area contributed by atoms with Crippen molar-refractivity contribution in [1.82, 2.24) is 19.8 Å². The van der Waals surface area contributed by atoms with Crippen molar-refractivity contribution >= 4 is 5.82 Å². The summed E-state index contributed by atoms with van der Waals surface area (Å²) in [5.41, 5.74) is 1.22. The summed E-state index contributed by atoms with van der Waals surface area (Å²) in [4.78, 5) is 17.4. The molecule has 0 amide bonds. The molecule has 152 valence electrons. The van der Waals surface area contributed by atoms with Crippen LogP contribution >= 0.6 is 0 Å². The number of nitrogens with zero attached hydrogens (tertiary/aromatic N) is 5. The second kappa shape index (κ2) is 8.44. The standard InChI is InChI=1S/C22H39N5/c1-17(2)21-23-19(22(3,4)5)15-20(24-21)27-9-7-18(8-10-27)16-26-13-11-25(6)12-14-26/h15,17-18H,7-14,16H2,1-6H3. The molecule has 27 heavy (non-hydrogen) atoms. The number of piperazine rings is 1. The highest BCUT2D eigenvalue weighted by Gasteiger charge is 2.26. The lowest BCUT2D eigenvalue weighted by Gasteiger charge is -2.38. The van der Waals surface area contributed by atoms with E-state index in [1.165, 1.54) is 45.6 Å². The van der Waals surface area contributed by atoms with Crippen LogP contribution in [-0.2, 0) is 5.41 Å². The van der Waals surface area contributed by atoms with Crippen molar-refractivity contribution in [3.05, 3.63) is 17.6 Å². The first-order chi connectivity index (χ1) is 12.7. The molecule has 2 fully saturated rings. The Morgan fingerprint density at radius 3 is 2.19 bits per heavy atom. The van der Waals surface area contributed by atoms with Crippen LogP contribution in [0.3, 0.4) is 0 Å². The highest BCUT2D eigenvalue weighted by Crippen LogP contribution is 2.28. The molecule has 2 saturated heterocycles. The van der Waals surface area contributed by atoms with Crippen molar-refractivity contribution in [3.63, 3.8) is 0 Å². The van der Waals surface area contributed by atoms with E-state index in [0.717, 1.165) is 36.3 Å². The van der Waals surface area contributed by atoms with Crippen LogP contribution in [0.4, 0.5) is 5.82 Å². The Kier molecular flexibility index (Phi) is 6.42. The van der Waals surface area contributed by atoms with Gasteiger partial charge in [0, 0.05) is 63.2 Å². The first-order valence-corrected chi connectivity index (χ1v) is 10.8. The average Bonchev–Trinajstić information content (AvgIpc) is 2.63. The summed E-state index contributed by atoms with van der Waals surface area (Å²) in [6.07, 6.45) is 2.55. The lowest BCUT2D eigenvalue weighted by molar-refractivity contribution is 0.129. The van der Waals surface area contributed by atoms with Crippen molar-refractivity contribution in [2.45, 2.75) is 58.8 Å². The van der Waals surface area contributed by atoms with Crippen LogP contribution in [0.5, 0.6) is 0 Å². The molecule has 0 N–H and O–H groups in total. The van der Waals surface area contributed by atoms with Crippen molar-refractivity contribution in [2.75, 3.05) is 57.8 Å². The highest BCUT2D eigenvalue weighted by molar-refractivity contribution is 5.42. The van der Waals surface area contributed by atoms with Crippen LogP contribution in [0.15, 0.2) is 6.07 Å². The van der Waals surface area contributed by atoms with Crippen LogP contribution in [-0.4, -0.2) is 72.6 Å². The first kappa shape index (κ1) is 20.5. The van der Waals surface area contributed by atoms with Gasteiger partial charge in [0.15, 0.2) is 0 Å². The van der Waals surface area contributed by atoms with E-state index in [2.05, 4.69) is 62.4 Å². The van der Waals surface area contributed by atoms with Gasteiger partial charge < -0.3 is 14.7 Å². The van der Waals surface area contributed by atoms with Crippen molar-refractivity contribution in [3.8, 4) is 0 Å². The number of anilines is 1. The monoisotopic (exact) mass is 373 g/mol.